The van der Waals surface area contributed by atoms with Gasteiger partial charge in [0.15, 0.2) is 0 Å². The molecule has 0 aromatic carbocycles. The van der Waals surface area contributed by atoms with Crippen molar-refractivity contribution in [2.45, 2.75) is 18.1 Å². The van der Waals surface area contributed by atoms with Gasteiger partial charge in [0, 0.05) is 25.4 Å². The zero-order valence-electron chi connectivity index (χ0n) is 8.46. The van der Waals surface area contributed by atoms with Gasteiger partial charge in [-0.15, -0.1) is 0 Å². The summed E-state index contributed by atoms with van der Waals surface area (Å²) in [5.74, 6) is 5.70. The Labute approximate surface area is 89.0 Å². The van der Waals surface area contributed by atoms with E-state index in [9.17, 15) is 0 Å². The molecule has 2 N–H and O–H groups in total. The molecule has 5 nitrogen and oxygen atoms in total. The molecule has 0 aromatic heterocycles. The molecule has 2 rings (SSSR count). The zero-order valence-corrected chi connectivity index (χ0v) is 9.28. The van der Waals surface area contributed by atoms with E-state index >= 15 is 0 Å². The van der Waals surface area contributed by atoms with Crippen LogP contribution < -0.4 is 5.84 Å². The number of nitrogens with two attached hydrogens (primary N) is 1. The second-order valence-electron chi connectivity index (χ2n) is 3.82. The number of hydrazone groups is 1. The van der Waals surface area contributed by atoms with E-state index in [1.807, 2.05) is 30.3 Å². The minimum absolute atomic E-state index is 0.679. The molecule has 0 atom stereocenters. The van der Waals surface area contributed by atoms with Crippen LogP contribution in [0.1, 0.15) is 12.8 Å². The van der Waals surface area contributed by atoms with E-state index in [4.69, 9.17) is 5.84 Å². The van der Waals surface area contributed by atoms with Crippen LogP contribution in [0.3, 0.4) is 0 Å². The predicted octanol–water partition coefficient (Wildman–Crippen LogP) is 0.121. The Balaban J connectivity index is 1.73. The lowest BCUT2D eigenvalue weighted by atomic mass is 10.1. The van der Waals surface area contributed by atoms with Crippen LogP contribution in [0.2, 0.25) is 0 Å². The molecule has 0 aliphatic carbocycles. The van der Waals surface area contributed by atoms with E-state index in [-0.39, 0.29) is 0 Å². The van der Waals surface area contributed by atoms with Crippen molar-refractivity contribution in [3.8, 4) is 0 Å². The standard InChI is InChI=1S/C8H17N5S/c1-11-6-10-13(7-11)14-8-2-4-12(9)5-3-8/h6,8H,2-5,7,9H2,1H3. The average molecular weight is 215 g/mol. The third-order valence-electron chi connectivity index (χ3n) is 2.47. The van der Waals surface area contributed by atoms with E-state index in [0.717, 1.165) is 32.6 Å². The first-order valence-electron chi connectivity index (χ1n) is 4.92. The molecule has 0 spiro atoms. The van der Waals surface area contributed by atoms with Gasteiger partial charge in [-0.2, -0.15) is 5.10 Å². The zero-order chi connectivity index (χ0) is 9.97. The maximum absolute atomic E-state index is 5.70. The molecule has 0 radical (unpaired) electrons. The molecule has 1 fully saturated rings. The van der Waals surface area contributed by atoms with Crippen molar-refractivity contribution in [2.24, 2.45) is 10.9 Å². The molecule has 14 heavy (non-hydrogen) atoms. The Bertz CT molecular complexity index is 214. The van der Waals surface area contributed by atoms with Crippen molar-refractivity contribution >= 4 is 18.3 Å². The second-order valence-corrected chi connectivity index (χ2v) is 5.12. The fourth-order valence-corrected chi connectivity index (χ4v) is 2.73. The second kappa shape index (κ2) is 4.37. The van der Waals surface area contributed by atoms with Crippen LogP contribution in [-0.2, 0) is 0 Å². The largest absolute Gasteiger partial charge is 0.344 e. The molecule has 80 valence electrons. The topological polar surface area (TPSA) is 48.1 Å². The van der Waals surface area contributed by atoms with Gasteiger partial charge in [-0.3, -0.25) is 5.84 Å². The van der Waals surface area contributed by atoms with Gasteiger partial charge >= 0.3 is 0 Å². The van der Waals surface area contributed by atoms with E-state index < -0.39 is 0 Å². The summed E-state index contributed by atoms with van der Waals surface area (Å²) in [5.41, 5.74) is 0. The van der Waals surface area contributed by atoms with Crippen molar-refractivity contribution in [2.75, 3.05) is 26.8 Å². The van der Waals surface area contributed by atoms with E-state index in [2.05, 4.69) is 14.4 Å². The molecule has 6 heteroatoms. The van der Waals surface area contributed by atoms with E-state index in [1.54, 1.807) is 0 Å². The Hall–Kier alpha value is -0.460. The minimum atomic E-state index is 0.679. The van der Waals surface area contributed by atoms with Gasteiger partial charge in [0.05, 0.1) is 0 Å². The van der Waals surface area contributed by atoms with Gasteiger partial charge in [-0.25, -0.2) is 9.42 Å². The van der Waals surface area contributed by atoms with Crippen LogP contribution in [0.25, 0.3) is 0 Å². The lowest BCUT2D eigenvalue weighted by Gasteiger charge is -2.29. The van der Waals surface area contributed by atoms with Gasteiger partial charge in [-0.05, 0) is 24.8 Å². The number of hydrogen-bond donors (Lipinski definition) is 1. The van der Waals surface area contributed by atoms with E-state index in [0.29, 0.717) is 5.25 Å². The van der Waals surface area contributed by atoms with Gasteiger partial charge in [0.2, 0.25) is 0 Å². The van der Waals surface area contributed by atoms with Gasteiger partial charge in [-0.1, -0.05) is 0 Å². The quantitative estimate of drug-likeness (QED) is 0.524. The maximum Gasteiger partial charge on any atom is 0.120 e. The lowest BCUT2D eigenvalue weighted by Crippen LogP contribution is -2.40. The summed E-state index contributed by atoms with van der Waals surface area (Å²) in [6, 6.07) is 0. The van der Waals surface area contributed by atoms with Gasteiger partial charge < -0.3 is 4.90 Å². The smallest absolute Gasteiger partial charge is 0.120 e. The molecule has 0 amide bonds. The van der Waals surface area contributed by atoms with Gasteiger partial charge in [0.1, 0.15) is 13.0 Å². The summed E-state index contributed by atoms with van der Waals surface area (Å²) in [5, 5.41) is 6.86. The van der Waals surface area contributed by atoms with Crippen LogP contribution >= 0.6 is 11.9 Å². The third-order valence-corrected chi connectivity index (χ3v) is 3.69. The highest BCUT2D eigenvalue weighted by Gasteiger charge is 2.21. The normalized spacial score (nSPS) is 25.0. The molecular weight excluding hydrogens is 198 g/mol. The molecule has 2 aliphatic rings. The van der Waals surface area contributed by atoms with Crippen LogP contribution in [0.4, 0.5) is 0 Å². The van der Waals surface area contributed by atoms with Crippen LogP contribution in [0.15, 0.2) is 5.10 Å². The average Bonchev–Trinajstić information content (AvgIpc) is 2.56. The number of nitrogens with zero attached hydrogens (tertiary/aromatic N) is 4. The third kappa shape index (κ3) is 2.52. The number of hydrogen-bond acceptors (Lipinski definition) is 6. The number of hydrazine groups is 1. The number of piperidine rings is 1. The first-order valence-corrected chi connectivity index (χ1v) is 5.76. The summed E-state index contributed by atoms with van der Waals surface area (Å²) < 4.78 is 2.05. The van der Waals surface area contributed by atoms with Crippen molar-refractivity contribution in [1.29, 1.82) is 0 Å². The highest BCUT2D eigenvalue weighted by atomic mass is 32.2. The first kappa shape index (κ1) is 10.1. The Morgan fingerprint density at radius 2 is 2.14 bits per heavy atom. The van der Waals surface area contributed by atoms with Crippen molar-refractivity contribution in [1.82, 2.24) is 14.3 Å². The van der Waals surface area contributed by atoms with Crippen LogP contribution in [0.5, 0.6) is 0 Å². The first-order chi connectivity index (χ1) is 6.74. The molecule has 0 unspecified atom stereocenters. The fourth-order valence-electron chi connectivity index (χ4n) is 1.62. The summed E-state index contributed by atoms with van der Waals surface area (Å²) in [6.07, 6.45) is 4.19. The highest BCUT2D eigenvalue weighted by molar-refractivity contribution is 7.97. The lowest BCUT2D eigenvalue weighted by molar-refractivity contribution is 0.237. The Morgan fingerprint density at radius 1 is 1.43 bits per heavy atom. The molecule has 2 heterocycles. The number of rotatable bonds is 2. The van der Waals surface area contributed by atoms with Crippen molar-refractivity contribution < 1.29 is 0 Å². The Morgan fingerprint density at radius 3 is 2.71 bits per heavy atom. The SMILES string of the molecule is CN1C=NN(SC2CCN(N)CC2)C1. The highest BCUT2D eigenvalue weighted by Crippen LogP contribution is 2.27. The predicted molar refractivity (Wildman–Crippen MR) is 59.3 cm³/mol. The molecular formula is C8H17N5S. The van der Waals surface area contributed by atoms with Crippen LogP contribution in [-0.4, -0.2) is 52.7 Å². The molecule has 1 saturated heterocycles. The van der Waals surface area contributed by atoms with Crippen molar-refractivity contribution in [3.63, 3.8) is 0 Å². The molecule has 0 bridgehead atoms. The monoisotopic (exact) mass is 215 g/mol. The maximum atomic E-state index is 5.70. The fraction of sp³-hybridized carbons (Fsp3) is 0.875. The van der Waals surface area contributed by atoms with Gasteiger partial charge in [0.25, 0.3) is 0 Å². The van der Waals surface area contributed by atoms with Crippen LogP contribution in [0, 0.1) is 0 Å². The summed E-state index contributed by atoms with van der Waals surface area (Å²) >= 11 is 1.85. The van der Waals surface area contributed by atoms with E-state index in [1.165, 1.54) is 0 Å². The van der Waals surface area contributed by atoms with Crippen molar-refractivity contribution in [3.05, 3.63) is 0 Å². The molecule has 0 aromatic rings. The summed E-state index contributed by atoms with van der Waals surface area (Å²) in [6.45, 7) is 2.91. The molecule has 0 saturated carbocycles. The molecule has 2 aliphatic heterocycles. The minimum Gasteiger partial charge on any atom is -0.344 e. The summed E-state index contributed by atoms with van der Waals surface area (Å²) in [7, 11) is 2.03. The summed E-state index contributed by atoms with van der Waals surface area (Å²) in [4.78, 5) is 2.07. The Kier molecular flexibility index (Phi) is 3.15.